The molecule has 0 aliphatic rings. The fourth-order valence-corrected chi connectivity index (χ4v) is 1.50. The van der Waals surface area contributed by atoms with Crippen molar-refractivity contribution in [1.29, 1.82) is 0 Å². The van der Waals surface area contributed by atoms with Crippen molar-refractivity contribution < 1.29 is 18.7 Å². The van der Waals surface area contributed by atoms with Crippen LogP contribution in [-0.2, 0) is 9.53 Å². The van der Waals surface area contributed by atoms with E-state index in [1.165, 1.54) is 6.07 Å². The first-order valence-corrected chi connectivity index (χ1v) is 6.24. The molecule has 1 N–H and O–H groups in total. The molecule has 0 aliphatic heterocycles. The summed E-state index contributed by atoms with van der Waals surface area (Å²) in [6.45, 7) is 4.09. The lowest BCUT2D eigenvalue weighted by atomic mass is 10.1. The molecule has 4 nitrogen and oxygen atoms in total. The van der Waals surface area contributed by atoms with Crippen molar-refractivity contribution in [2.24, 2.45) is 0 Å². The number of carbonyl (C=O) groups excluding carboxylic acids is 2. The van der Waals surface area contributed by atoms with Gasteiger partial charge in [-0.3, -0.25) is 9.59 Å². The molecule has 0 saturated heterocycles. The van der Waals surface area contributed by atoms with Gasteiger partial charge in [0.1, 0.15) is 5.82 Å². The van der Waals surface area contributed by atoms with E-state index in [-0.39, 0.29) is 23.9 Å². The number of hydrogen-bond donors (Lipinski definition) is 1. The van der Waals surface area contributed by atoms with Crippen molar-refractivity contribution in [2.45, 2.75) is 26.7 Å². The van der Waals surface area contributed by atoms with Gasteiger partial charge in [-0.25, -0.2) is 4.39 Å². The molecule has 1 aromatic carbocycles. The summed E-state index contributed by atoms with van der Waals surface area (Å²) >= 11 is 0. The van der Waals surface area contributed by atoms with Crippen LogP contribution in [0.2, 0.25) is 0 Å². The van der Waals surface area contributed by atoms with Gasteiger partial charge in [-0.05, 0) is 38.0 Å². The van der Waals surface area contributed by atoms with E-state index in [4.69, 9.17) is 4.74 Å². The molecule has 0 heterocycles. The minimum atomic E-state index is -0.404. The zero-order chi connectivity index (χ0) is 14.3. The molecule has 0 aliphatic carbocycles. The van der Waals surface area contributed by atoms with Gasteiger partial charge in [0.25, 0.3) is 5.91 Å². The van der Waals surface area contributed by atoms with Gasteiger partial charge >= 0.3 is 5.97 Å². The molecule has 0 unspecified atom stereocenters. The standard InChI is InChI=1S/C14H18FNO3/c1-3-19-13(17)5-4-8-16-14(18)11-7-6-10(2)12(15)9-11/h6-7,9H,3-5,8H2,1-2H3,(H,16,18). The Morgan fingerprint density at radius 1 is 1.37 bits per heavy atom. The molecule has 1 amide bonds. The average Bonchev–Trinajstić information content (AvgIpc) is 2.38. The lowest BCUT2D eigenvalue weighted by Crippen LogP contribution is -2.25. The van der Waals surface area contributed by atoms with Crippen LogP contribution in [0, 0.1) is 12.7 Å². The Labute approximate surface area is 112 Å². The normalized spacial score (nSPS) is 10.1. The van der Waals surface area contributed by atoms with E-state index in [1.54, 1.807) is 26.0 Å². The first-order chi connectivity index (χ1) is 9.04. The molecule has 1 aromatic rings. The Morgan fingerprint density at radius 3 is 2.74 bits per heavy atom. The van der Waals surface area contributed by atoms with Crippen LogP contribution in [0.3, 0.4) is 0 Å². The van der Waals surface area contributed by atoms with Gasteiger partial charge in [0.15, 0.2) is 0 Å². The van der Waals surface area contributed by atoms with Crippen molar-refractivity contribution in [3.05, 3.63) is 35.1 Å². The van der Waals surface area contributed by atoms with Gasteiger partial charge in [-0.2, -0.15) is 0 Å². The van der Waals surface area contributed by atoms with Crippen LogP contribution in [0.25, 0.3) is 0 Å². The Balaban J connectivity index is 2.35. The maximum Gasteiger partial charge on any atom is 0.305 e. The summed E-state index contributed by atoms with van der Waals surface area (Å²) in [7, 11) is 0. The third kappa shape index (κ3) is 5.07. The molecule has 0 aromatic heterocycles. The van der Waals surface area contributed by atoms with E-state index in [0.29, 0.717) is 25.1 Å². The molecule has 19 heavy (non-hydrogen) atoms. The molecule has 0 radical (unpaired) electrons. The van der Waals surface area contributed by atoms with Crippen molar-refractivity contribution >= 4 is 11.9 Å². The summed E-state index contributed by atoms with van der Waals surface area (Å²) in [5, 5.41) is 2.63. The first-order valence-electron chi connectivity index (χ1n) is 6.24. The number of hydrogen-bond acceptors (Lipinski definition) is 3. The topological polar surface area (TPSA) is 55.4 Å². The molecule has 1 rings (SSSR count). The summed E-state index contributed by atoms with van der Waals surface area (Å²) in [6.07, 6.45) is 0.759. The molecule has 0 fully saturated rings. The van der Waals surface area contributed by atoms with Crippen LogP contribution in [0.5, 0.6) is 0 Å². The quantitative estimate of drug-likeness (QED) is 0.635. The van der Waals surface area contributed by atoms with Crippen LogP contribution >= 0.6 is 0 Å². The zero-order valence-corrected chi connectivity index (χ0v) is 11.2. The van der Waals surface area contributed by atoms with E-state index >= 15 is 0 Å². The third-order valence-corrected chi connectivity index (χ3v) is 2.58. The Hall–Kier alpha value is -1.91. The van der Waals surface area contributed by atoms with Crippen LogP contribution in [0.15, 0.2) is 18.2 Å². The monoisotopic (exact) mass is 267 g/mol. The van der Waals surface area contributed by atoms with Gasteiger partial charge in [0, 0.05) is 18.5 Å². The van der Waals surface area contributed by atoms with Gasteiger partial charge in [-0.1, -0.05) is 6.07 Å². The summed E-state index contributed by atoms with van der Waals surface area (Å²) in [6, 6.07) is 4.33. The number of carbonyl (C=O) groups is 2. The second-order valence-electron chi connectivity index (χ2n) is 4.13. The van der Waals surface area contributed by atoms with E-state index in [9.17, 15) is 14.0 Å². The number of rotatable bonds is 6. The number of benzene rings is 1. The highest BCUT2D eigenvalue weighted by Gasteiger charge is 2.08. The molecule has 5 heteroatoms. The molecule has 0 atom stereocenters. The summed E-state index contributed by atoms with van der Waals surface area (Å²) in [5.41, 5.74) is 0.776. The minimum Gasteiger partial charge on any atom is -0.466 e. The second-order valence-corrected chi connectivity index (χ2v) is 4.13. The lowest BCUT2D eigenvalue weighted by molar-refractivity contribution is -0.143. The molecular weight excluding hydrogens is 249 g/mol. The number of aryl methyl sites for hydroxylation is 1. The highest BCUT2D eigenvalue weighted by Crippen LogP contribution is 2.09. The van der Waals surface area contributed by atoms with Crippen LogP contribution in [-0.4, -0.2) is 25.0 Å². The van der Waals surface area contributed by atoms with Gasteiger partial charge in [0.05, 0.1) is 6.61 Å². The third-order valence-electron chi connectivity index (χ3n) is 2.58. The molecule has 0 saturated carbocycles. The van der Waals surface area contributed by atoms with Gasteiger partial charge in [-0.15, -0.1) is 0 Å². The summed E-state index contributed by atoms with van der Waals surface area (Å²) < 4.78 is 18.0. The summed E-state index contributed by atoms with van der Waals surface area (Å²) in [4.78, 5) is 22.7. The highest BCUT2D eigenvalue weighted by molar-refractivity contribution is 5.94. The Kier molecular flexibility index (Phi) is 5.99. The number of esters is 1. The average molecular weight is 267 g/mol. The maximum absolute atomic E-state index is 13.3. The highest BCUT2D eigenvalue weighted by atomic mass is 19.1. The maximum atomic E-state index is 13.3. The molecule has 104 valence electrons. The minimum absolute atomic E-state index is 0.260. The van der Waals surface area contributed by atoms with Crippen LogP contribution in [0.4, 0.5) is 4.39 Å². The van der Waals surface area contributed by atoms with Gasteiger partial charge in [0.2, 0.25) is 0 Å². The van der Waals surface area contributed by atoms with Crippen molar-refractivity contribution in [3.63, 3.8) is 0 Å². The Bertz CT molecular complexity index is 460. The predicted octanol–water partition coefficient (Wildman–Crippen LogP) is 2.21. The second kappa shape index (κ2) is 7.51. The van der Waals surface area contributed by atoms with Gasteiger partial charge < -0.3 is 10.1 Å². The van der Waals surface area contributed by atoms with Crippen molar-refractivity contribution in [1.82, 2.24) is 5.32 Å². The molecule has 0 bridgehead atoms. The van der Waals surface area contributed by atoms with E-state index in [1.807, 2.05) is 0 Å². The number of nitrogens with one attached hydrogen (secondary N) is 1. The van der Waals surface area contributed by atoms with Crippen LogP contribution in [0.1, 0.15) is 35.7 Å². The predicted molar refractivity (Wildman–Crippen MR) is 69.3 cm³/mol. The van der Waals surface area contributed by atoms with E-state index < -0.39 is 5.82 Å². The Morgan fingerprint density at radius 2 is 2.11 bits per heavy atom. The molecule has 0 spiro atoms. The van der Waals surface area contributed by atoms with Crippen molar-refractivity contribution in [2.75, 3.05) is 13.2 Å². The van der Waals surface area contributed by atoms with Crippen molar-refractivity contribution in [3.8, 4) is 0 Å². The number of amides is 1. The largest absolute Gasteiger partial charge is 0.466 e. The number of halogens is 1. The number of ether oxygens (including phenoxy) is 1. The fourth-order valence-electron chi connectivity index (χ4n) is 1.50. The molecular formula is C14H18FNO3. The smallest absolute Gasteiger partial charge is 0.305 e. The van der Waals surface area contributed by atoms with E-state index in [2.05, 4.69) is 5.32 Å². The first kappa shape index (κ1) is 15.1. The SMILES string of the molecule is CCOC(=O)CCCNC(=O)c1ccc(C)c(F)c1. The fraction of sp³-hybridized carbons (Fsp3) is 0.429. The van der Waals surface area contributed by atoms with E-state index in [0.717, 1.165) is 0 Å². The zero-order valence-electron chi connectivity index (χ0n) is 11.2. The van der Waals surface area contributed by atoms with Crippen LogP contribution < -0.4 is 5.32 Å². The lowest BCUT2D eigenvalue weighted by Gasteiger charge is -2.06. The summed E-state index contributed by atoms with van der Waals surface area (Å²) in [5.74, 6) is -1.03.